The van der Waals surface area contributed by atoms with Gasteiger partial charge >= 0.3 is 24.3 Å². The lowest BCUT2D eigenvalue weighted by atomic mass is 10.2. The lowest BCUT2D eigenvalue weighted by Crippen LogP contribution is -2.30. The van der Waals surface area contributed by atoms with Crippen LogP contribution in [0.25, 0.3) is 0 Å². The van der Waals surface area contributed by atoms with E-state index in [9.17, 15) is 35.5 Å². The Bertz CT molecular complexity index is 1310. The van der Waals surface area contributed by atoms with Crippen molar-refractivity contribution in [2.24, 2.45) is 0 Å². The summed E-state index contributed by atoms with van der Waals surface area (Å²) in [5.74, 6) is -5.76. The summed E-state index contributed by atoms with van der Waals surface area (Å²) in [7, 11) is 0. The summed E-state index contributed by atoms with van der Waals surface area (Å²) in [6.45, 7) is 4.63. The minimum Gasteiger partial charge on any atom is -0.475 e. The first-order valence-corrected chi connectivity index (χ1v) is 13.2. The monoisotopic (exact) mass is 637 g/mol. The predicted octanol–water partition coefficient (Wildman–Crippen LogP) is 6.12. The van der Waals surface area contributed by atoms with Gasteiger partial charge in [-0.1, -0.05) is 18.2 Å². The number of rotatable bonds is 5. The first kappa shape index (κ1) is 35.0. The average Bonchev–Trinajstić information content (AvgIpc) is 3.36. The fraction of sp³-hybridized carbons (Fsp3) is 0.296. The van der Waals surface area contributed by atoms with Crippen LogP contribution in [0.4, 0.5) is 42.1 Å². The highest BCUT2D eigenvalue weighted by Gasteiger charge is 2.38. The van der Waals surface area contributed by atoms with E-state index >= 15 is 0 Å². The third kappa shape index (κ3) is 12.7. The van der Waals surface area contributed by atoms with Gasteiger partial charge in [-0.3, -0.25) is 9.69 Å². The van der Waals surface area contributed by atoms with Crippen LogP contribution in [-0.2, 0) is 16.1 Å². The summed E-state index contributed by atoms with van der Waals surface area (Å²) in [4.78, 5) is 35.4. The Labute approximate surface area is 245 Å². The molecule has 1 aliphatic heterocycles. The molecular formula is C27H26F7N3O5S. The number of hydrogen-bond donors (Lipinski definition) is 3. The van der Waals surface area contributed by atoms with Gasteiger partial charge in [-0.2, -0.15) is 26.3 Å². The van der Waals surface area contributed by atoms with Crippen LogP contribution in [0.15, 0.2) is 66.0 Å². The molecule has 0 spiro atoms. The van der Waals surface area contributed by atoms with Gasteiger partial charge in [0.15, 0.2) is 0 Å². The molecular weight excluding hydrogens is 611 g/mol. The van der Waals surface area contributed by atoms with Crippen molar-refractivity contribution in [2.75, 3.05) is 36.4 Å². The van der Waals surface area contributed by atoms with E-state index in [1.807, 2.05) is 35.7 Å². The predicted molar refractivity (Wildman–Crippen MR) is 145 cm³/mol. The number of carboxylic acids is 2. The quantitative estimate of drug-likeness (QED) is 0.289. The summed E-state index contributed by atoms with van der Waals surface area (Å²) < 4.78 is 76.9. The smallest absolute Gasteiger partial charge is 0.475 e. The number of alkyl halides is 6. The third-order valence-electron chi connectivity index (χ3n) is 5.60. The zero-order valence-electron chi connectivity index (χ0n) is 22.2. The number of carboxylic acid groups (broad SMARTS) is 2. The Morgan fingerprint density at radius 1 is 0.814 bits per heavy atom. The molecule has 234 valence electrons. The average molecular weight is 638 g/mol. The Balaban J connectivity index is 0.000000384. The molecule has 16 heteroatoms. The highest BCUT2D eigenvalue weighted by atomic mass is 32.1. The molecule has 1 saturated heterocycles. The maximum Gasteiger partial charge on any atom is 0.490 e. The molecule has 3 aromatic rings. The van der Waals surface area contributed by atoms with E-state index in [0.29, 0.717) is 4.88 Å². The molecule has 1 aliphatic rings. The van der Waals surface area contributed by atoms with Crippen LogP contribution in [0.2, 0.25) is 0 Å². The maximum absolute atomic E-state index is 13.4. The highest BCUT2D eigenvalue weighted by molar-refractivity contribution is 7.12. The molecule has 1 fully saturated rings. The molecule has 4 rings (SSSR count). The van der Waals surface area contributed by atoms with E-state index in [4.69, 9.17) is 19.8 Å². The van der Waals surface area contributed by atoms with E-state index in [-0.39, 0.29) is 11.7 Å². The Kier molecular flexibility index (Phi) is 12.9. The van der Waals surface area contributed by atoms with Gasteiger partial charge in [0.25, 0.3) is 5.91 Å². The number of benzene rings is 2. The van der Waals surface area contributed by atoms with Crippen molar-refractivity contribution in [3.63, 3.8) is 0 Å². The maximum atomic E-state index is 13.4. The molecule has 0 bridgehead atoms. The molecule has 0 saturated carbocycles. The summed E-state index contributed by atoms with van der Waals surface area (Å²) in [6, 6.07) is 18.6. The van der Waals surface area contributed by atoms with Gasteiger partial charge < -0.3 is 20.4 Å². The normalized spacial score (nSPS) is 13.9. The van der Waals surface area contributed by atoms with E-state index in [1.54, 1.807) is 12.1 Å². The van der Waals surface area contributed by atoms with Crippen LogP contribution in [0.1, 0.15) is 21.7 Å². The fourth-order valence-electron chi connectivity index (χ4n) is 3.64. The molecule has 0 atom stereocenters. The van der Waals surface area contributed by atoms with Crippen LogP contribution in [0.5, 0.6) is 0 Å². The number of anilines is 2. The molecule has 0 unspecified atom stereocenters. The van der Waals surface area contributed by atoms with Crippen molar-refractivity contribution in [1.82, 2.24) is 4.90 Å². The van der Waals surface area contributed by atoms with Gasteiger partial charge in [-0.25, -0.2) is 14.0 Å². The number of carbonyl (C=O) groups excluding carboxylic acids is 1. The number of halogens is 7. The van der Waals surface area contributed by atoms with Crippen LogP contribution in [0, 0.1) is 5.82 Å². The number of nitrogens with zero attached hydrogens (tertiary/aromatic N) is 2. The van der Waals surface area contributed by atoms with E-state index < -0.39 is 24.3 Å². The van der Waals surface area contributed by atoms with E-state index in [0.717, 1.165) is 56.1 Å². The minimum absolute atomic E-state index is 0.0736. The summed E-state index contributed by atoms with van der Waals surface area (Å²) in [5.41, 5.74) is 2.98. The summed E-state index contributed by atoms with van der Waals surface area (Å²) in [5, 5.41) is 19.1. The molecule has 43 heavy (non-hydrogen) atoms. The highest BCUT2D eigenvalue weighted by Crippen LogP contribution is 2.21. The molecule has 2 aromatic carbocycles. The van der Waals surface area contributed by atoms with Crippen molar-refractivity contribution < 1.29 is 55.3 Å². The van der Waals surface area contributed by atoms with Crippen molar-refractivity contribution >= 4 is 40.6 Å². The summed E-state index contributed by atoms with van der Waals surface area (Å²) in [6.07, 6.45) is -9.10. The minimum atomic E-state index is -5.08. The molecule has 1 amide bonds. The van der Waals surface area contributed by atoms with Crippen LogP contribution in [0.3, 0.4) is 0 Å². The largest absolute Gasteiger partial charge is 0.490 e. The molecule has 1 aromatic heterocycles. The van der Waals surface area contributed by atoms with Gasteiger partial charge in [-0.05, 0) is 59.8 Å². The summed E-state index contributed by atoms with van der Waals surface area (Å²) >= 11 is 1.43. The number of thiophene rings is 1. The Hall–Kier alpha value is -4.18. The zero-order valence-corrected chi connectivity index (χ0v) is 23.0. The number of hydrogen-bond acceptors (Lipinski definition) is 6. The van der Waals surface area contributed by atoms with Gasteiger partial charge in [0.05, 0.1) is 4.88 Å². The number of nitrogens with one attached hydrogen (secondary N) is 1. The molecule has 0 radical (unpaired) electrons. The van der Waals surface area contributed by atoms with Gasteiger partial charge in [0.2, 0.25) is 0 Å². The number of carbonyl (C=O) groups is 3. The Morgan fingerprint density at radius 2 is 1.42 bits per heavy atom. The first-order chi connectivity index (χ1) is 20.1. The third-order valence-corrected chi connectivity index (χ3v) is 6.47. The van der Waals surface area contributed by atoms with Gasteiger partial charge in [-0.15, -0.1) is 11.3 Å². The van der Waals surface area contributed by atoms with Crippen molar-refractivity contribution in [3.05, 3.63) is 82.3 Å². The standard InChI is InChI=1S/C23H24FN3OS.2C2HF3O2/c24-19-5-1-4-18(16-19)17-26-11-3-12-27(14-13-26)21-9-7-20(8-10-21)25-23(28)22-6-2-15-29-22;2*3-2(4,5)1(6)7/h1-2,4-10,15-16H,3,11-14,17H2,(H,25,28);2*(H,6,7). The number of amides is 1. The van der Waals surface area contributed by atoms with E-state index in [2.05, 4.69) is 27.2 Å². The molecule has 8 nitrogen and oxygen atoms in total. The zero-order chi connectivity index (χ0) is 32.2. The second-order valence-corrected chi connectivity index (χ2v) is 9.78. The van der Waals surface area contributed by atoms with Gasteiger partial charge in [0.1, 0.15) is 5.82 Å². The molecule has 3 N–H and O–H groups in total. The van der Waals surface area contributed by atoms with Crippen LogP contribution >= 0.6 is 11.3 Å². The Morgan fingerprint density at radius 3 is 1.93 bits per heavy atom. The van der Waals surface area contributed by atoms with Crippen LogP contribution in [-0.4, -0.2) is 71.5 Å². The molecule has 2 heterocycles. The van der Waals surface area contributed by atoms with Crippen LogP contribution < -0.4 is 10.2 Å². The second kappa shape index (κ2) is 15.9. The first-order valence-electron chi connectivity index (χ1n) is 12.3. The lowest BCUT2D eigenvalue weighted by Gasteiger charge is -2.24. The van der Waals surface area contributed by atoms with Crippen molar-refractivity contribution in [1.29, 1.82) is 0 Å². The lowest BCUT2D eigenvalue weighted by molar-refractivity contribution is -0.193. The topological polar surface area (TPSA) is 110 Å². The number of aliphatic carboxylic acids is 2. The fourth-order valence-corrected chi connectivity index (χ4v) is 4.26. The van der Waals surface area contributed by atoms with E-state index in [1.165, 1.54) is 17.4 Å². The second-order valence-electron chi connectivity index (χ2n) is 8.83. The SMILES string of the molecule is O=C(Nc1ccc(N2CCCN(Cc3cccc(F)c3)CC2)cc1)c1cccs1.O=C(O)C(F)(F)F.O=C(O)C(F)(F)F. The molecule has 0 aliphatic carbocycles. The van der Waals surface area contributed by atoms with Crippen molar-refractivity contribution in [2.45, 2.75) is 25.3 Å². The van der Waals surface area contributed by atoms with Gasteiger partial charge in [0, 0.05) is 44.1 Å². The van der Waals surface area contributed by atoms with Crippen molar-refractivity contribution in [3.8, 4) is 0 Å².